The van der Waals surface area contributed by atoms with Gasteiger partial charge in [0.15, 0.2) is 0 Å². The summed E-state index contributed by atoms with van der Waals surface area (Å²) >= 11 is 0. The van der Waals surface area contributed by atoms with Crippen LogP contribution in [-0.4, -0.2) is 14.9 Å². The van der Waals surface area contributed by atoms with Crippen molar-refractivity contribution in [2.75, 3.05) is 0 Å². The summed E-state index contributed by atoms with van der Waals surface area (Å²) < 4.78 is 1.62. The SMILES string of the molecule is C=CC(O)c1ccnn1C. The maximum absolute atomic E-state index is 9.22. The summed E-state index contributed by atoms with van der Waals surface area (Å²) in [6, 6.07) is 1.76. The second-order valence-electron chi connectivity index (χ2n) is 2.06. The predicted octanol–water partition coefficient (Wildman–Crippen LogP) is 0.639. The highest BCUT2D eigenvalue weighted by atomic mass is 16.3. The molecule has 0 aliphatic heterocycles. The molecule has 0 saturated carbocycles. The number of nitrogens with zero attached hydrogens (tertiary/aromatic N) is 2. The van der Waals surface area contributed by atoms with E-state index in [1.165, 1.54) is 6.08 Å². The fraction of sp³-hybridized carbons (Fsp3) is 0.286. The van der Waals surface area contributed by atoms with Crippen LogP contribution in [-0.2, 0) is 7.05 Å². The Labute approximate surface area is 59.6 Å². The van der Waals surface area contributed by atoms with E-state index in [2.05, 4.69) is 11.7 Å². The molecule has 3 nitrogen and oxygen atoms in total. The number of aliphatic hydroxyl groups is 1. The van der Waals surface area contributed by atoms with Gasteiger partial charge < -0.3 is 5.11 Å². The highest BCUT2D eigenvalue weighted by Gasteiger charge is 2.04. The van der Waals surface area contributed by atoms with E-state index in [9.17, 15) is 5.11 Å². The fourth-order valence-corrected chi connectivity index (χ4v) is 0.795. The lowest BCUT2D eigenvalue weighted by molar-refractivity contribution is 0.218. The molecule has 0 saturated heterocycles. The van der Waals surface area contributed by atoms with Gasteiger partial charge in [-0.2, -0.15) is 5.10 Å². The molecule has 1 rings (SSSR count). The van der Waals surface area contributed by atoms with Gasteiger partial charge in [0.25, 0.3) is 0 Å². The van der Waals surface area contributed by atoms with Crippen LogP contribution in [0.5, 0.6) is 0 Å². The number of hydrogen-bond donors (Lipinski definition) is 1. The Morgan fingerprint density at radius 2 is 2.60 bits per heavy atom. The summed E-state index contributed by atoms with van der Waals surface area (Å²) in [6.07, 6.45) is 2.51. The third kappa shape index (κ3) is 1.09. The van der Waals surface area contributed by atoms with E-state index in [0.717, 1.165) is 5.69 Å². The van der Waals surface area contributed by atoms with Gasteiger partial charge in [-0.25, -0.2) is 0 Å². The number of hydrogen-bond acceptors (Lipinski definition) is 2. The summed E-state index contributed by atoms with van der Waals surface area (Å²) in [5.41, 5.74) is 0.759. The van der Waals surface area contributed by atoms with E-state index < -0.39 is 6.10 Å². The molecule has 1 atom stereocenters. The summed E-state index contributed by atoms with van der Waals surface area (Å²) in [5.74, 6) is 0. The molecule has 1 aromatic heterocycles. The molecule has 54 valence electrons. The molecule has 1 N–H and O–H groups in total. The van der Waals surface area contributed by atoms with Crippen molar-refractivity contribution < 1.29 is 5.11 Å². The van der Waals surface area contributed by atoms with E-state index >= 15 is 0 Å². The minimum atomic E-state index is -0.604. The smallest absolute Gasteiger partial charge is 0.113 e. The second kappa shape index (κ2) is 2.66. The highest BCUT2D eigenvalue weighted by molar-refractivity contribution is 5.08. The van der Waals surface area contributed by atoms with Crippen LogP contribution in [0.2, 0.25) is 0 Å². The second-order valence-corrected chi connectivity index (χ2v) is 2.06. The largest absolute Gasteiger partial charge is 0.383 e. The number of rotatable bonds is 2. The van der Waals surface area contributed by atoms with Crippen molar-refractivity contribution in [1.82, 2.24) is 9.78 Å². The van der Waals surface area contributed by atoms with Gasteiger partial charge >= 0.3 is 0 Å². The third-order valence-electron chi connectivity index (χ3n) is 1.39. The van der Waals surface area contributed by atoms with E-state index in [-0.39, 0.29) is 0 Å². The van der Waals surface area contributed by atoms with E-state index in [1.54, 1.807) is 24.0 Å². The Morgan fingerprint density at radius 3 is 3.00 bits per heavy atom. The van der Waals surface area contributed by atoms with Crippen molar-refractivity contribution >= 4 is 0 Å². The molecular formula is C7H10N2O. The molecule has 0 amide bonds. The Balaban J connectivity index is 2.92. The zero-order chi connectivity index (χ0) is 7.56. The van der Waals surface area contributed by atoms with Crippen LogP contribution >= 0.6 is 0 Å². The van der Waals surface area contributed by atoms with E-state index in [1.807, 2.05) is 0 Å². The molecule has 1 unspecified atom stereocenters. The summed E-state index contributed by atoms with van der Waals surface area (Å²) in [4.78, 5) is 0. The minimum absolute atomic E-state index is 0.604. The zero-order valence-electron chi connectivity index (χ0n) is 5.86. The quantitative estimate of drug-likeness (QED) is 0.609. The summed E-state index contributed by atoms with van der Waals surface area (Å²) in [6.45, 7) is 3.47. The van der Waals surface area contributed by atoms with Gasteiger partial charge in [-0.1, -0.05) is 6.08 Å². The molecule has 0 fully saturated rings. The molecule has 0 bridgehead atoms. The van der Waals surface area contributed by atoms with Gasteiger partial charge in [0.1, 0.15) is 6.10 Å². The first-order chi connectivity index (χ1) is 4.75. The first-order valence-electron chi connectivity index (χ1n) is 3.04. The van der Waals surface area contributed by atoms with Gasteiger partial charge in [-0.3, -0.25) is 4.68 Å². The molecule has 3 heteroatoms. The van der Waals surface area contributed by atoms with Crippen LogP contribution < -0.4 is 0 Å². The molecule has 0 aromatic carbocycles. The molecule has 0 aliphatic rings. The van der Waals surface area contributed by atoms with Gasteiger partial charge in [-0.05, 0) is 6.07 Å². The number of aromatic nitrogens is 2. The van der Waals surface area contributed by atoms with Crippen molar-refractivity contribution in [1.29, 1.82) is 0 Å². The molecule has 0 radical (unpaired) electrons. The molecule has 1 heterocycles. The van der Waals surface area contributed by atoms with Crippen molar-refractivity contribution in [2.45, 2.75) is 6.10 Å². The van der Waals surface area contributed by atoms with Crippen LogP contribution in [0, 0.1) is 0 Å². The Morgan fingerprint density at radius 1 is 1.90 bits per heavy atom. The fourth-order valence-electron chi connectivity index (χ4n) is 0.795. The molecule has 0 spiro atoms. The van der Waals surface area contributed by atoms with Gasteiger partial charge in [0, 0.05) is 13.2 Å². The predicted molar refractivity (Wildman–Crippen MR) is 38.4 cm³/mol. The number of aliphatic hydroxyl groups excluding tert-OH is 1. The van der Waals surface area contributed by atoms with Gasteiger partial charge in [0.05, 0.1) is 5.69 Å². The molecular weight excluding hydrogens is 128 g/mol. The molecule has 0 aliphatic carbocycles. The monoisotopic (exact) mass is 138 g/mol. The molecule has 10 heavy (non-hydrogen) atoms. The van der Waals surface area contributed by atoms with Crippen molar-refractivity contribution in [2.24, 2.45) is 7.05 Å². The Bertz CT molecular complexity index is 229. The van der Waals surface area contributed by atoms with Crippen molar-refractivity contribution in [3.05, 3.63) is 30.6 Å². The van der Waals surface area contributed by atoms with Crippen LogP contribution in [0.15, 0.2) is 24.9 Å². The lowest BCUT2D eigenvalue weighted by Gasteiger charge is -2.03. The third-order valence-corrected chi connectivity index (χ3v) is 1.39. The average molecular weight is 138 g/mol. The van der Waals surface area contributed by atoms with Crippen LogP contribution in [0.3, 0.4) is 0 Å². The van der Waals surface area contributed by atoms with Crippen molar-refractivity contribution in [3.63, 3.8) is 0 Å². The maximum Gasteiger partial charge on any atom is 0.113 e. The van der Waals surface area contributed by atoms with Gasteiger partial charge in [-0.15, -0.1) is 6.58 Å². The minimum Gasteiger partial charge on any atom is -0.383 e. The number of aryl methyl sites for hydroxylation is 1. The van der Waals surface area contributed by atoms with Crippen LogP contribution in [0.25, 0.3) is 0 Å². The Hall–Kier alpha value is -1.09. The lowest BCUT2D eigenvalue weighted by atomic mass is 10.2. The summed E-state index contributed by atoms with van der Waals surface area (Å²) in [7, 11) is 1.78. The van der Waals surface area contributed by atoms with Crippen LogP contribution in [0.1, 0.15) is 11.8 Å². The van der Waals surface area contributed by atoms with Gasteiger partial charge in [0.2, 0.25) is 0 Å². The molecule has 1 aromatic rings. The normalized spacial score (nSPS) is 13.0. The Kier molecular flexibility index (Phi) is 1.87. The van der Waals surface area contributed by atoms with Crippen molar-refractivity contribution in [3.8, 4) is 0 Å². The van der Waals surface area contributed by atoms with E-state index in [0.29, 0.717) is 0 Å². The zero-order valence-corrected chi connectivity index (χ0v) is 5.86. The topological polar surface area (TPSA) is 38.1 Å². The average Bonchev–Trinajstić information content (AvgIpc) is 2.34. The highest BCUT2D eigenvalue weighted by Crippen LogP contribution is 2.10. The van der Waals surface area contributed by atoms with E-state index in [4.69, 9.17) is 0 Å². The first-order valence-corrected chi connectivity index (χ1v) is 3.04. The van der Waals surface area contributed by atoms with Crippen LogP contribution in [0.4, 0.5) is 0 Å². The summed E-state index contributed by atoms with van der Waals surface area (Å²) in [5, 5.41) is 13.1. The lowest BCUT2D eigenvalue weighted by Crippen LogP contribution is -2.01. The first kappa shape index (κ1) is 7.02. The standard InChI is InChI=1S/C7H10N2O/c1-3-7(10)6-4-5-8-9(6)2/h3-5,7,10H,1H2,2H3. The maximum atomic E-state index is 9.22.